The summed E-state index contributed by atoms with van der Waals surface area (Å²) in [6.45, 7) is 1.98. The average molecular weight is 308 g/mol. The quantitative estimate of drug-likeness (QED) is 0.943. The van der Waals surface area contributed by atoms with Crippen LogP contribution < -0.4 is 10.0 Å². The van der Waals surface area contributed by atoms with Crippen LogP contribution in [-0.2, 0) is 16.6 Å². The average Bonchev–Trinajstić information content (AvgIpc) is 2.46. The zero-order valence-corrected chi connectivity index (χ0v) is 12.7. The molecule has 0 aliphatic carbocycles. The van der Waals surface area contributed by atoms with Crippen molar-refractivity contribution in [1.82, 2.24) is 0 Å². The molecule has 0 spiro atoms. The van der Waals surface area contributed by atoms with Crippen molar-refractivity contribution in [1.29, 1.82) is 0 Å². The molecule has 0 saturated heterocycles. The molecule has 6 heteroatoms. The van der Waals surface area contributed by atoms with E-state index in [0.29, 0.717) is 5.56 Å². The van der Waals surface area contributed by atoms with Crippen molar-refractivity contribution < 1.29 is 12.8 Å². The van der Waals surface area contributed by atoms with Crippen molar-refractivity contribution in [3.63, 3.8) is 0 Å². The standard InChI is InChI=1S/C15H17FN2O2S/c1-11-12(10-17)5-3-8-15(11)21(19,20)18(2)14-7-4-6-13(16)9-14/h3-9H,10,17H2,1-2H3. The summed E-state index contributed by atoms with van der Waals surface area (Å²) in [5.74, 6) is -0.484. The van der Waals surface area contributed by atoms with Gasteiger partial charge in [0.05, 0.1) is 10.6 Å². The molecule has 0 amide bonds. The summed E-state index contributed by atoms with van der Waals surface area (Å²) in [6, 6.07) is 10.4. The molecular weight excluding hydrogens is 291 g/mol. The number of halogens is 1. The number of hydrogen-bond donors (Lipinski definition) is 1. The molecule has 0 unspecified atom stereocenters. The Hall–Kier alpha value is -1.92. The van der Waals surface area contributed by atoms with E-state index in [1.54, 1.807) is 25.1 Å². The van der Waals surface area contributed by atoms with Crippen molar-refractivity contribution >= 4 is 15.7 Å². The topological polar surface area (TPSA) is 63.4 Å². The Kier molecular flexibility index (Phi) is 4.29. The van der Waals surface area contributed by atoms with Crippen LogP contribution in [0.25, 0.3) is 0 Å². The van der Waals surface area contributed by atoms with Gasteiger partial charge in [-0.2, -0.15) is 0 Å². The molecule has 0 heterocycles. The number of sulfonamides is 1. The fourth-order valence-electron chi connectivity index (χ4n) is 2.12. The van der Waals surface area contributed by atoms with E-state index in [0.717, 1.165) is 9.87 Å². The molecule has 112 valence electrons. The molecule has 0 aliphatic heterocycles. The minimum absolute atomic E-state index is 0.178. The summed E-state index contributed by atoms with van der Waals surface area (Å²) >= 11 is 0. The van der Waals surface area contributed by atoms with E-state index < -0.39 is 15.8 Å². The molecule has 2 rings (SSSR count). The molecule has 0 aliphatic rings. The second-order valence-electron chi connectivity index (χ2n) is 4.70. The highest BCUT2D eigenvalue weighted by Crippen LogP contribution is 2.26. The van der Waals surface area contributed by atoms with Gasteiger partial charge in [0.2, 0.25) is 0 Å². The van der Waals surface area contributed by atoms with Crippen LogP contribution in [-0.4, -0.2) is 15.5 Å². The van der Waals surface area contributed by atoms with Crippen LogP contribution in [0.5, 0.6) is 0 Å². The fourth-order valence-corrected chi connectivity index (χ4v) is 3.57. The van der Waals surface area contributed by atoms with Gasteiger partial charge in [0, 0.05) is 13.6 Å². The third-order valence-electron chi connectivity index (χ3n) is 3.43. The molecule has 4 nitrogen and oxygen atoms in total. The van der Waals surface area contributed by atoms with Crippen molar-refractivity contribution in [2.75, 3.05) is 11.4 Å². The van der Waals surface area contributed by atoms with Gasteiger partial charge in [0.15, 0.2) is 0 Å². The first-order chi connectivity index (χ1) is 9.87. The third-order valence-corrected chi connectivity index (χ3v) is 5.36. The van der Waals surface area contributed by atoms with Gasteiger partial charge >= 0.3 is 0 Å². The number of benzene rings is 2. The van der Waals surface area contributed by atoms with E-state index in [1.165, 1.54) is 31.3 Å². The smallest absolute Gasteiger partial charge is 0.264 e. The summed E-state index contributed by atoms with van der Waals surface area (Å²) in [6.07, 6.45) is 0. The fraction of sp³-hybridized carbons (Fsp3) is 0.200. The second kappa shape index (κ2) is 5.83. The van der Waals surface area contributed by atoms with E-state index in [4.69, 9.17) is 5.73 Å². The van der Waals surface area contributed by atoms with Crippen LogP contribution in [0, 0.1) is 12.7 Å². The maximum atomic E-state index is 13.3. The van der Waals surface area contributed by atoms with Gasteiger partial charge in [0.25, 0.3) is 10.0 Å². The lowest BCUT2D eigenvalue weighted by Crippen LogP contribution is -2.27. The normalized spacial score (nSPS) is 11.4. The molecule has 0 atom stereocenters. The van der Waals surface area contributed by atoms with Gasteiger partial charge < -0.3 is 5.73 Å². The van der Waals surface area contributed by atoms with E-state index in [9.17, 15) is 12.8 Å². The highest BCUT2D eigenvalue weighted by Gasteiger charge is 2.24. The Morgan fingerprint density at radius 2 is 1.86 bits per heavy atom. The molecule has 21 heavy (non-hydrogen) atoms. The molecule has 2 aromatic rings. The lowest BCUT2D eigenvalue weighted by atomic mass is 10.1. The molecule has 2 N–H and O–H groups in total. The van der Waals surface area contributed by atoms with Gasteiger partial charge in [-0.15, -0.1) is 0 Å². The lowest BCUT2D eigenvalue weighted by Gasteiger charge is -2.21. The lowest BCUT2D eigenvalue weighted by molar-refractivity contribution is 0.593. The van der Waals surface area contributed by atoms with Crippen molar-refractivity contribution in [2.45, 2.75) is 18.4 Å². The minimum Gasteiger partial charge on any atom is -0.326 e. The van der Waals surface area contributed by atoms with Crippen molar-refractivity contribution in [3.8, 4) is 0 Å². The molecule has 0 bridgehead atoms. The van der Waals surface area contributed by atoms with Crippen LogP contribution in [0.1, 0.15) is 11.1 Å². The maximum Gasteiger partial charge on any atom is 0.264 e. The van der Waals surface area contributed by atoms with Crippen LogP contribution in [0.3, 0.4) is 0 Å². The van der Waals surface area contributed by atoms with Gasteiger partial charge in [-0.1, -0.05) is 18.2 Å². The molecule has 0 saturated carbocycles. The molecule has 0 fully saturated rings. The van der Waals surface area contributed by atoms with Gasteiger partial charge in [-0.05, 0) is 42.3 Å². The second-order valence-corrected chi connectivity index (χ2v) is 6.63. The van der Waals surface area contributed by atoms with Crippen LogP contribution in [0.15, 0.2) is 47.4 Å². The zero-order valence-electron chi connectivity index (χ0n) is 11.9. The van der Waals surface area contributed by atoms with Crippen molar-refractivity contribution in [3.05, 3.63) is 59.4 Å². The largest absolute Gasteiger partial charge is 0.326 e. The summed E-state index contributed by atoms with van der Waals surface area (Å²) in [7, 11) is -2.36. The van der Waals surface area contributed by atoms with E-state index in [-0.39, 0.29) is 17.1 Å². The number of rotatable bonds is 4. The maximum absolute atomic E-state index is 13.3. The van der Waals surface area contributed by atoms with E-state index in [1.807, 2.05) is 0 Å². The summed E-state index contributed by atoms with van der Waals surface area (Å²) < 4.78 is 39.7. The third kappa shape index (κ3) is 2.91. The first-order valence-corrected chi connectivity index (χ1v) is 7.85. The predicted octanol–water partition coefficient (Wildman–Crippen LogP) is 2.42. The number of nitrogens with zero attached hydrogens (tertiary/aromatic N) is 1. The number of nitrogens with two attached hydrogens (primary N) is 1. The number of anilines is 1. The van der Waals surface area contributed by atoms with Crippen molar-refractivity contribution in [2.24, 2.45) is 5.73 Å². The SMILES string of the molecule is Cc1c(CN)cccc1S(=O)(=O)N(C)c1cccc(F)c1. The van der Waals surface area contributed by atoms with E-state index >= 15 is 0 Å². The molecule has 2 aromatic carbocycles. The summed E-state index contributed by atoms with van der Waals surface area (Å²) in [4.78, 5) is 0.178. The first kappa shape index (κ1) is 15.5. The predicted molar refractivity (Wildman–Crippen MR) is 81.1 cm³/mol. The van der Waals surface area contributed by atoms with E-state index in [2.05, 4.69) is 0 Å². The highest BCUT2D eigenvalue weighted by molar-refractivity contribution is 7.92. The highest BCUT2D eigenvalue weighted by atomic mass is 32.2. The molecule has 0 radical (unpaired) electrons. The van der Waals surface area contributed by atoms with Gasteiger partial charge in [0.1, 0.15) is 5.82 Å². The Bertz CT molecular complexity index is 760. The summed E-state index contributed by atoms with van der Waals surface area (Å²) in [5.41, 5.74) is 7.26. The van der Waals surface area contributed by atoms with Crippen LogP contribution >= 0.6 is 0 Å². The first-order valence-electron chi connectivity index (χ1n) is 6.41. The Labute approximate surface area is 124 Å². The Morgan fingerprint density at radius 3 is 2.48 bits per heavy atom. The van der Waals surface area contributed by atoms with Crippen LogP contribution in [0.4, 0.5) is 10.1 Å². The van der Waals surface area contributed by atoms with Gasteiger partial charge in [-0.3, -0.25) is 4.31 Å². The zero-order chi connectivity index (χ0) is 15.6. The minimum atomic E-state index is -3.76. The monoisotopic (exact) mass is 308 g/mol. The Balaban J connectivity index is 2.52. The van der Waals surface area contributed by atoms with Crippen LogP contribution in [0.2, 0.25) is 0 Å². The molecular formula is C15H17FN2O2S. The Morgan fingerprint density at radius 1 is 1.19 bits per heavy atom. The summed E-state index contributed by atoms with van der Waals surface area (Å²) in [5, 5.41) is 0. The van der Waals surface area contributed by atoms with Gasteiger partial charge in [-0.25, -0.2) is 12.8 Å². The number of hydrogen-bond acceptors (Lipinski definition) is 3. The molecule has 0 aromatic heterocycles.